The van der Waals surface area contributed by atoms with E-state index in [0.29, 0.717) is 17.5 Å². The van der Waals surface area contributed by atoms with E-state index < -0.39 is 0 Å². The maximum absolute atomic E-state index is 6.79. The van der Waals surface area contributed by atoms with E-state index in [1.807, 2.05) is 12.1 Å². The molecule has 0 N–H and O–H groups in total. The van der Waals surface area contributed by atoms with E-state index in [1.54, 1.807) is 0 Å². The molecule has 55 heavy (non-hydrogen) atoms. The van der Waals surface area contributed by atoms with Gasteiger partial charge in [-0.3, -0.25) is 0 Å². The SMILES string of the molecule is c1ccc(-c2ccc3cc(-c4nc(-c5ccc6ccccc6c5)nc(-c5cc(-c6ccccc6)c6c(c5)oc5c7ccccc7ccc56)n4)ccc3c2)cc1. The number of hydrogen-bond donors (Lipinski definition) is 0. The van der Waals surface area contributed by atoms with Crippen LogP contribution in [0, 0.1) is 0 Å². The molecule has 0 atom stereocenters. The number of hydrogen-bond acceptors (Lipinski definition) is 4. The Morgan fingerprint density at radius 2 is 0.818 bits per heavy atom. The fraction of sp³-hybridized carbons (Fsp3) is 0. The molecule has 0 saturated heterocycles. The van der Waals surface area contributed by atoms with Gasteiger partial charge in [-0.1, -0.05) is 152 Å². The Balaban J connectivity index is 1.13. The van der Waals surface area contributed by atoms with Crippen LogP contribution < -0.4 is 0 Å². The lowest BCUT2D eigenvalue weighted by Crippen LogP contribution is -2.00. The van der Waals surface area contributed by atoms with E-state index in [4.69, 9.17) is 19.4 Å². The average Bonchev–Trinajstić information content (AvgIpc) is 3.65. The van der Waals surface area contributed by atoms with Gasteiger partial charge in [-0.25, -0.2) is 15.0 Å². The highest BCUT2D eigenvalue weighted by atomic mass is 16.3. The summed E-state index contributed by atoms with van der Waals surface area (Å²) < 4.78 is 6.79. The molecule has 0 saturated carbocycles. The molecular weight excluding hydrogens is 671 g/mol. The van der Waals surface area contributed by atoms with Crippen LogP contribution in [0.25, 0.3) is 111 Å². The van der Waals surface area contributed by atoms with Crippen LogP contribution in [0.15, 0.2) is 192 Å². The Hall–Kier alpha value is -7.43. The van der Waals surface area contributed by atoms with Crippen molar-refractivity contribution in [3.63, 3.8) is 0 Å². The summed E-state index contributed by atoms with van der Waals surface area (Å²) in [5.74, 6) is 1.80. The molecule has 256 valence electrons. The molecule has 4 nitrogen and oxygen atoms in total. The van der Waals surface area contributed by atoms with Gasteiger partial charge in [0.15, 0.2) is 17.5 Å². The van der Waals surface area contributed by atoms with E-state index in [9.17, 15) is 0 Å². The molecule has 0 aliphatic rings. The average molecular weight is 702 g/mol. The zero-order valence-electron chi connectivity index (χ0n) is 29.6. The second kappa shape index (κ2) is 12.6. The number of fused-ring (bicyclic) bond motifs is 7. The highest BCUT2D eigenvalue weighted by molar-refractivity contribution is 6.19. The number of nitrogens with zero attached hydrogens (tertiary/aromatic N) is 3. The molecule has 0 spiro atoms. The van der Waals surface area contributed by atoms with Gasteiger partial charge >= 0.3 is 0 Å². The molecule has 0 aliphatic carbocycles. The zero-order chi connectivity index (χ0) is 36.3. The summed E-state index contributed by atoms with van der Waals surface area (Å²) in [6, 6.07) is 65.8. The molecule has 11 rings (SSSR count). The molecule has 2 heterocycles. The Labute approximate surface area is 317 Å². The first kappa shape index (κ1) is 31.1. The van der Waals surface area contributed by atoms with Crippen LogP contribution >= 0.6 is 0 Å². The zero-order valence-corrected chi connectivity index (χ0v) is 29.6. The van der Waals surface area contributed by atoms with E-state index in [2.05, 4.69) is 176 Å². The minimum atomic E-state index is 0.581. The van der Waals surface area contributed by atoms with Crippen molar-refractivity contribution in [3.05, 3.63) is 188 Å². The van der Waals surface area contributed by atoms with Crippen molar-refractivity contribution in [3.8, 4) is 56.4 Å². The first-order valence-electron chi connectivity index (χ1n) is 18.5. The van der Waals surface area contributed by atoms with Gasteiger partial charge in [0.2, 0.25) is 0 Å². The fourth-order valence-electron chi connectivity index (χ4n) is 7.89. The predicted molar refractivity (Wildman–Crippen MR) is 227 cm³/mol. The lowest BCUT2D eigenvalue weighted by molar-refractivity contribution is 0.673. The molecule has 0 aliphatic heterocycles. The number of furan rings is 1. The number of aromatic nitrogens is 3. The monoisotopic (exact) mass is 701 g/mol. The molecule has 0 unspecified atom stereocenters. The van der Waals surface area contributed by atoms with Gasteiger partial charge in [-0.2, -0.15) is 0 Å². The first-order chi connectivity index (χ1) is 27.2. The standard InChI is InChI=1S/C51H31N3O/c1-3-11-32(12-4-1)37-20-21-39-29-41(24-22-38(39)27-37)50-52-49(40-23-19-33-13-7-8-17-36(33)28-40)53-51(54-50)42-30-45(34-14-5-2-6-15-34)47-44-26-25-35-16-9-10-18-43(35)48(44)55-46(47)31-42/h1-31H. The quantitative estimate of drug-likeness (QED) is 0.179. The summed E-state index contributed by atoms with van der Waals surface area (Å²) in [6.07, 6.45) is 0. The van der Waals surface area contributed by atoms with Gasteiger partial charge in [0.25, 0.3) is 0 Å². The maximum atomic E-state index is 6.79. The summed E-state index contributed by atoms with van der Waals surface area (Å²) in [4.78, 5) is 15.6. The van der Waals surface area contributed by atoms with Crippen molar-refractivity contribution in [1.29, 1.82) is 0 Å². The summed E-state index contributed by atoms with van der Waals surface area (Å²) >= 11 is 0. The van der Waals surface area contributed by atoms with Crippen molar-refractivity contribution in [1.82, 2.24) is 15.0 Å². The second-order valence-electron chi connectivity index (χ2n) is 14.0. The van der Waals surface area contributed by atoms with Crippen molar-refractivity contribution >= 4 is 54.3 Å². The van der Waals surface area contributed by atoms with Crippen molar-refractivity contribution in [2.45, 2.75) is 0 Å². The molecule has 0 radical (unpaired) electrons. The van der Waals surface area contributed by atoms with Gasteiger partial charge in [-0.05, 0) is 85.6 Å². The lowest BCUT2D eigenvalue weighted by Gasteiger charge is -2.12. The van der Waals surface area contributed by atoms with E-state index in [1.165, 1.54) is 16.5 Å². The van der Waals surface area contributed by atoms with Crippen LogP contribution in [0.3, 0.4) is 0 Å². The van der Waals surface area contributed by atoms with Gasteiger partial charge in [0, 0.05) is 32.8 Å². The molecule has 2 aromatic heterocycles. The highest BCUT2D eigenvalue weighted by Crippen LogP contribution is 2.42. The fourth-order valence-corrected chi connectivity index (χ4v) is 7.89. The number of benzene rings is 9. The van der Waals surface area contributed by atoms with Gasteiger partial charge in [0.1, 0.15) is 11.2 Å². The summed E-state index contributed by atoms with van der Waals surface area (Å²) in [6.45, 7) is 0. The minimum absolute atomic E-state index is 0.581. The van der Waals surface area contributed by atoms with Crippen LogP contribution in [0.1, 0.15) is 0 Å². The van der Waals surface area contributed by atoms with Crippen molar-refractivity contribution in [2.24, 2.45) is 0 Å². The molecule has 0 fully saturated rings. The first-order valence-corrected chi connectivity index (χ1v) is 18.5. The topological polar surface area (TPSA) is 51.8 Å². The number of rotatable bonds is 5. The Morgan fingerprint density at radius 3 is 1.53 bits per heavy atom. The van der Waals surface area contributed by atoms with Crippen LogP contribution in [-0.4, -0.2) is 15.0 Å². The normalized spacial score (nSPS) is 11.6. The van der Waals surface area contributed by atoms with E-state index in [0.717, 1.165) is 76.7 Å². The minimum Gasteiger partial charge on any atom is -0.455 e. The highest BCUT2D eigenvalue weighted by Gasteiger charge is 2.20. The van der Waals surface area contributed by atoms with Crippen LogP contribution in [0.4, 0.5) is 0 Å². The Bertz CT molecular complexity index is 3260. The Kier molecular flexibility index (Phi) is 7.14. The lowest BCUT2D eigenvalue weighted by atomic mass is 9.96. The third-order valence-corrected chi connectivity index (χ3v) is 10.7. The summed E-state index contributed by atoms with van der Waals surface area (Å²) in [5, 5.41) is 8.96. The summed E-state index contributed by atoms with van der Waals surface area (Å²) in [5.41, 5.74) is 8.91. The van der Waals surface area contributed by atoms with Crippen LogP contribution in [0.5, 0.6) is 0 Å². The smallest absolute Gasteiger partial charge is 0.164 e. The van der Waals surface area contributed by atoms with Crippen molar-refractivity contribution < 1.29 is 4.42 Å². The maximum Gasteiger partial charge on any atom is 0.164 e. The van der Waals surface area contributed by atoms with Gasteiger partial charge in [0.05, 0.1) is 0 Å². The van der Waals surface area contributed by atoms with Crippen molar-refractivity contribution in [2.75, 3.05) is 0 Å². The second-order valence-corrected chi connectivity index (χ2v) is 14.0. The third-order valence-electron chi connectivity index (χ3n) is 10.7. The van der Waals surface area contributed by atoms with E-state index >= 15 is 0 Å². The largest absolute Gasteiger partial charge is 0.455 e. The Morgan fingerprint density at radius 1 is 0.309 bits per heavy atom. The summed E-state index contributed by atoms with van der Waals surface area (Å²) in [7, 11) is 0. The van der Waals surface area contributed by atoms with Gasteiger partial charge < -0.3 is 4.42 Å². The molecule has 9 aromatic carbocycles. The molecule has 0 amide bonds. The van der Waals surface area contributed by atoms with Crippen LogP contribution in [0.2, 0.25) is 0 Å². The predicted octanol–water partition coefficient (Wildman–Crippen LogP) is 13.6. The molecule has 11 aromatic rings. The van der Waals surface area contributed by atoms with Gasteiger partial charge in [-0.15, -0.1) is 0 Å². The molecule has 4 heteroatoms. The van der Waals surface area contributed by atoms with Crippen LogP contribution in [-0.2, 0) is 0 Å². The van der Waals surface area contributed by atoms with E-state index in [-0.39, 0.29) is 0 Å². The molecular formula is C51H31N3O. The molecule has 0 bridgehead atoms. The third kappa shape index (κ3) is 5.43.